The molecule has 0 spiro atoms. The Bertz CT molecular complexity index is 990. The van der Waals surface area contributed by atoms with Crippen molar-refractivity contribution in [2.24, 2.45) is 0 Å². The van der Waals surface area contributed by atoms with E-state index in [2.05, 4.69) is 22.1 Å². The molecule has 0 N–H and O–H groups in total. The van der Waals surface area contributed by atoms with E-state index in [1.807, 2.05) is 41.1 Å². The maximum absolute atomic E-state index is 10.9. The molecule has 0 aliphatic rings. The highest BCUT2D eigenvalue weighted by molar-refractivity contribution is 5.86. The van der Waals surface area contributed by atoms with Gasteiger partial charge in [-0.05, 0) is 42.0 Å². The second-order valence-electron chi connectivity index (χ2n) is 5.27. The summed E-state index contributed by atoms with van der Waals surface area (Å²) in [5, 5.41) is 0. The van der Waals surface area contributed by atoms with Crippen LogP contribution in [-0.2, 0) is 0 Å². The zero-order chi connectivity index (χ0) is 15.6. The fraction of sp³-hybridized carbons (Fsp3) is 0. The average molecular weight is 299 g/mol. The summed E-state index contributed by atoms with van der Waals surface area (Å²) in [4.78, 5) is 19.5. The van der Waals surface area contributed by atoms with Gasteiger partial charge >= 0.3 is 0 Å². The van der Waals surface area contributed by atoms with Crippen molar-refractivity contribution in [1.29, 1.82) is 0 Å². The van der Waals surface area contributed by atoms with Crippen molar-refractivity contribution in [1.82, 2.24) is 14.5 Å². The first-order valence-electron chi connectivity index (χ1n) is 7.28. The van der Waals surface area contributed by atoms with Crippen LogP contribution in [0.2, 0.25) is 0 Å². The molecule has 110 valence electrons. The van der Waals surface area contributed by atoms with Crippen LogP contribution in [0.3, 0.4) is 0 Å². The van der Waals surface area contributed by atoms with Crippen LogP contribution in [0.4, 0.5) is 0 Å². The van der Waals surface area contributed by atoms with E-state index in [0.29, 0.717) is 5.56 Å². The summed E-state index contributed by atoms with van der Waals surface area (Å²) in [5.41, 5.74) is 5.60. The zero-order valence-corrected chi connectivity index (χ0v) is 12.3. The molecule has 0 aliphatic heterocycles. The molecule has 0 bridgehead atoms. The highest BCUT2D eigenvalue weighted by Gasteiger charge is 2.07. The van der Waals surface area contributed by atoms with Crippen LogP contribution in [0.5, 0.6) is 0 Å². The van der Waals surface area contributed by atoms with Gasteiger partial charge in [0.15, 0.2) is 0 Å². The summed E-state index contributed by atoms with van der Waals surface area (Å²) in [6, 6.07) is 17.7. The molecule has 2 heterocycles. The lowest BCUT2D eigenvalue weighted by Crippen LogP contribution is -1.92. The molecule has 0 aliphatic carbocycles. The number of hydrogen-bond donors (Lipinski definition) is 0. The molecule has 4 nitrogen and oxygen atoms in total. The molecule has 0 saturated heterocycles. The SMILES string of the molecule is O=Cc1ccc2c(c1)ncn2-c1cccc(-c2cccnc2)c1. The Morgan fingerprint density at radius 3 is 2.70 bits per heavy atom. The third kappa shape index (κ3) is 2.40. The predicted octanol–water partition coefficient (Wildman–Crippen LogP) is 3.90. The number of rotatable bonds is 3. The minimum absolute atomic E-state index is 0.631. The number of carbonyl (C=O) groups is 1. The lowest BCUT2D eigenvalue weighted by Gasteiger charge is -2.07. The van der Waals surface area contributed by atoms with Crippen LogP contribution >= 0.6 is 0 Å². The summed E-state index contributed by atoms with van der Waals surface area (Å²) in [6.45, 7) is 0. The molecule has 0 unspecified atom stereocenters. The number of aldehydes is 1. The maximum Gasteiger partial charge on any atom is 0.150 e. The number of nitrogens with zero attached hydrogens (tertiary/aromatic N) is 3. The standard InChI is InChI=1S/C19H13N3O/c23-12-14-6-7-19-18(9-14)21-13-22(19)17-5-1-3-15(10-17)16-4-2-8-20-11-16/h1-13H. The van der Waals surface area contributed by atoms with Gasteiger partial charge in [0.25, 0.3) is 0 Å². The minimum Gasteiger partial charge on any atom is -0.299 e. The van der Waals surface area contributed by atoms with E-state index in [0.717, 1.165) is 34.1 Å². The highest BCUT2D eigenvalue weighted by atomic mass is 16.1. The van der Waals surface area contributed by atoms with E-state index in [-0.39, 0.29) is 0 Å². The lowest BCUT2D eigenvalue weighted by atomic mass is 10.1. The van der Waals surface area contributed by atoms with Gasteiger partial charge < -0.3 is 0 Å². The molecule has 0 saturated carbocycles. The fourth-order valence-electron chi connectivity index (χ4n) is 2.68. The molecule has 2 aromatic carbocycles. The number of pyridine rings is 1. The molecular weight excluding hydrogens is 286 g/mol. The van der Waals surface area contributed by atoms with Crippen molar-refractivity contribution in [2.75, 3.05) is 0 Å². The summed E-state index contributed by atoms with van der Waals surface area (Å²) in [7, 11) is 0. The quantitative estimate of drug-likeness (QED) is 0.539. The van der Waals surface area contributed by atoms with Crippen molar-refractivity contribution >= 4 is 17.3 Å². The van der Waals surface area contributed by atoms with Gasteiger partial charge in [-0.15, -0.1) is 0 Å². The predicted molar refractivity (Wildman–Crippen MR) is 89.7 cm³/mol. The number of hydrogen-bond acceptors (Lipinski definition) is 3. The summed E-state index contributed by atoms with van der Waals surface area (Å²) in [6.07, 6.45) is 6.23. The minimum atomic E-state index is 0.631. The Balaban J connectivity index is 1.84. The monoisotopic (exact) mass is 299 g/mol. The van der Waals surface area contributed by atoms with Gasteiger partial charge in [-0.2, -0.15) is 0 Å². The number of carbonyl (C=O) groups excluding carboxylic acids is 1. The number of imidazole rings is 1. The van der Waals surface area contributed by atoms with Crippen LogP contribution < -0.4 is 0 Å². The smallest absolute Gasteiger partial charge is 0.150 e. The summed E-state index contributed by atoms with van der Waals surface area (Å²) in [5.74, 6) is 0. The van der Waals surface area contributed by atoms with E-state index in [1.54, 1.807) is 24.7 Å². The van der Waals surface area contributed by atoms with Crippen LogP contribution in [-0.4, -0.2) is 20.8 Å². The van der Waals surface area contributed by atoms with E-state index in [9.17, 15) is 4.79 Å². The Morgan fingerprint density at radius 2 is 1.87 bits per heavy atom. The normalized spacial score (nSPS) is 10.8. The van der Waals surface area contributed by atoms with E-state index < -0.39 is 0 Å². The third-order valence-electron chi connectivity index (χ3n) is 3.83. The maximum atomic E-state index is 10.9. The first kappa shape index (κ1) is 13.4. The van der Waals surface area contributed by atoms with Crippen molar-refractivity contribution in [3.8, 4) is 16.8 Å². The molecule has 0 fully saturated rings. The fourth-order valence-corrected chi connectivity index (χ4v) is 2.68. The molecule has 4 rings (SSSR count). The first-order chi connectivity index (χ1) is 11.3. The Hall–Kier alpha value is -3.27. The Labute approximate surface area is 133 Å². The van der Waals surface area contributed by atoms with Crippen LogP contribution in [0.25, 0.3) is 27.8 Å². The van der Waals surface area contributed by atoms with Crippen molar-refractivity contribution in [3.63, 3.8) is 0 Å². The largest absolute Gasteiger partial charge is 0.299 e. The number of aromatic nitrogens is 3. The van der Waals surface area contributed by atoms with E-state index in [4.69, 9.17) is 0 Å². The van der Waals surface area contributed by atoms with Gasteiger partial charge in [0.05, 0.1) is 11.0 Å². The van der Waals surface area contributed by atoms with Gasteiger partial charge in [0, 0.05) is 29.2 Å². The van der Waals surface area contributed by atoms with Crippen molar-refractivity contribution < 1.29 is 4.79 Å². The topological polar surface area (TPSA) is 47.8 Å². The van der Waals surface area contributed by atoms with Gasteiger partial charge in [0.2, 0.25) is 0 Å². The number of benzene rings is 2. The average Bonchev–Trinajstić information content (AvgIpc) is 3.05. The van der Waals surface area contributed by atoms with Crippen molar-refractivity contribution in [2.45, 2.75) is 0 Å². The molecule has 4 aromatic rings. The van der Waals surface area contributed by atoms with Crippen LogP contribution in [0.1, 0.15) is 10.4 Å². The molecular formula is C19H13N3O. The second kappa shape index (κ2) is 5.50. The third-order valence-corrected chi connectivity index (χ3v) is 3.83. The zero-order valence-electron chi connectivity index (χ0n) is 12.3. The molecule has 23 heavy (non-hydrogen) atoms. The summed E-state index contributed by atoms with van der Waals surface area (Å²) < 4.78 is 2.02. The lowest BCUT2D eigenvalue weighted by molar-refractivity contribution is 0.112. The molecule has 4 heteroatoms. The summed E-state index contributed by atoms with van der Waals surface area (Å²) >= 11 is 0. The van der Waals surface area contributed by atoms with Crippen molar-refractivity contribution in [3.05, 3.63) is 78.9 Å². The highest BCUT2D eigenvalue weighted by Crippen LogP contribution is 2.24. The van der Waals surface area contributed by atoms with E-state index in [1.165, 1.54) is 0 Å². The van der Waals surface area contributed by atoms with Crippen LogP contribution in [0.15, 0.2) is 73.3 Å². The molecule has 2 aromatic heterocycles. The molecule has 0 amide bonds. The Kier molecular flexibility index (Phi) is 3.20. The van der Waals surface area contributed by atoms with Gasteiger partial charge in [-0.25, -0.2) is 4.98 Å². The second-order valence-corrected chi connectivity index (χ2v) is 5.27. The van der Waals surface area contributed by atoms with Gasteiger partial charge in [-0.3, -0.25) is 14.3 Å². The Morgan fingerprint density at radius 1 is 0.957 bits per heavy atom. The number of fused-ring (bicyclic) bond motifs is 1. The van der Waals surface area contributed by atoms with Crippen LogP contribution in [0, 0.1) is 0 Å². The van der Waals surface area contributed by atoms with Gasteiger partial charge in [-0.1, -0.05) is 18.2 Å². The molecule has 0 atom stereocenters. The molecule has 0 radical (unpaired) electrons. The van der Waals surface area contributed by atoms with Gasteiger partial charge in [0.1, 0.15) is 12.6 Å². The first-order valence-corrected chi connectivity index (χ1v) is 7.28. The van der Waals surface area contributed by atoms with E-state index >= 15 is 0 Å².